The molecular formula is C10H12N. The summed E-state index contributed by atoms with van der Waals surface area (Å²) in [4.78, 5) is 0. The van der Waals surface area contributed by atoms with Crippen molar-refractivity contribution in [1.29, 1.82) is 0 Å². The first-order valence-electron chi connectivity index (χ1n) is 3.68. The van der Waals surface area contributed by atoms with Gasteiger partial charge in [-0.15, -0.1) is 0 Å². The SMILES string of the molecule is CC(C)=C[N]c1ccccc1. The molecule has 57 valence electrons. The molecule has 0 spiro atoms. The van der Waals surface area contributed by atoms with Crippen molar-refractivity contribution < 1.29 is 0 Å². The fraction of sp³-hybridized carbons (Fsp3) is 0.200. The smallest absolute Gasteiger partial charge is 0.0629 e. The summed E-state index contributed by atoms with van der Waals surface area (Å²) >= 11 is 0. The van der Waals surface area contributed by atoms with Crippen molar-refractivity contribution in [2.45, 2.75) is 13.8 Å². The van der Waals surface area contributed by atoms with Gasteiger partial charge in [-0.2, -0.15) is 0 Å². The Morgan fingerprint density at radius 1 is 1.18 bits per heavy atom. The molecule has 0 aliphatic rings. The van der Waals surface area contributed by atoms with Gasteiger partial charge in [0.2, 0.25) is 0 Å². The van der Waals surface area contributed by atoms with Crippen molar-refractivity contribution in [3.05, 3.63) is 42.1 Å². The first-order chi connectivity index (χ1) is 5.29. The zero-order chi connectivity index (χ0) is 8.10. The predicted molar refractivity (Wildman–Crippen MR) is 47.7 cm³/mol. The minimum absolute atomic E-state index is 1.01. The molecule has 0 N–H and O–H groups in total. The summed E-state index contributed by atoms with van der Waals surface area (Å²) in [5.41, 5.74) is 2.22. The van der Waals surface area contributed by atoms with Crippen LogP contribution in [-0.4, -0.2) is 0 Å². The Bertz CT molecular complexity index is 232. The monoisotopic (exact) mass is 146 g/mol. The lowest BCUT2D eigenvalue weighted by molar-refractivity contribution is 1.13. The maximum atomic E-state index is 4.24. The largest absolute Gasteiger partial charge is 0.257 e. The lowest BCUT2D eigenvalue weighted by Crippen LogP contribution is -1.85. The number of para-hydroxylation sites is 1. The Morgan fingerprint density at radius 2 is 1.82 bits per heavy atom. The summed E-state index contributed by atoms with van der Waals surface area (Å²) < 4.78 is 0. The van der Waals surface area contributed by atoms with Crippen molar-refractivity contribution >= 4 is 5.69 Å². The van der Waals surface area contributed by atoms with Crippen molar-refractivity contribution in [3.8, 4) is 0 Å². The Kier molecular flexibility index (Phi) is 2.73. The van der Waals surface area contributed by atoms with E-state index in [0.29, 0.717) is 0 Å². The maximum Gasteiger partial charge on any atom is 0.0629 e. The van der Waals surface area contributed by atoms with Gasteiger partial charge in [0.15, 0.2) is 0 Å². The van der Waals surface area contributed by atoms with Crippen molar-refractivity contribution in [2.24, 2.45) is 0 Å². The highest BCUT2D eigenvalue weighted by molar-refractivity contribution is 5.36. The van der Waals surface area contributed by atoms with Crippen molar-refractivity contribution in [1.82, 2.24) is 5.32 Å². The molecule has 0 saturated heterocycles. The zero-order valence-electron chi connectivity index (χ0n) is 6.91. The lowest BCUT2D eigenvalue weighted by Gasteiger charge is -1.95. The standard InChI is InChI=1S/C10H12N/c1-9(2)8-11-10-6-4-3-5-7-10/h3-8H,1-2H3. The summed E-state index contributed by atoms with van der Waals surface area (Å²) in [6.07, 6.45) is 1.87. The Morgan fingerprint density at radius 3 is 2.36 bits per heavy atom. The van der Waals surface area contributed by atoms with Crippen molar-refractivity contribution in [2.75, 3.05) is 0 Å². The van der Waals surface area contributed by atoms with E-state index in [-0.39, 0.29) is 0 Å². The van der Waals surface area contributed by atoms with Crippen LogP contribution in [0, 0.1) is 0 Å². The third-order valence-corrected chi connectivity index (χ3v) is 1.23. The van der Waals surface area contributed by atoms with E-state index in [9.17, 15) is 0 Å². The van der Waals surface area contributed by atoms with E-state index in [1.165, 1.54) is 5.57 Å². The van der Waals surface area contributed by atoms with Crippen LogP contribution in [0.25, 0.3) is 0 Å². The summed E-state index contributed by atoms with van der Waals surface area (Å²) in [6.45, 7) is 4.07. The highest BCUT2D eigenvalue weighted by Crippen LogP contribution is 2.05. The first kappa shape index (κ1) is 7.86. The summed E-state index contributed by atoms with van der Waals surface area (Å²) in [7, 11) is 0. The number of benzene rings is 1. The molecule has 0 amide bonds. The minimum Gasteiger partial charge on any atom is -0.257 e. The first-order valence-corrected chi connectivity index (χ1v) is 3.68. The Hall–Kier alpha value is -1.24. The topological polar surface area (TPSA) is 14.1 Å². The van der Waals surface area contributed by atoms with Gasteiger partial charge < -0.3 is 0 Å². The highest BCUT2D eigenvalue weighted by atomic mass is 14.8. The molecule has 0 bridgehead atoms. The van der Waals surface area contributed by atoms with Crippen LogP contribution in [0.15, 0.2) is 42.1 Å². The lowest BCUT2D eigenvalue weighted by atomic mass is 10.3. The summed E-state index contributed by atoms with van der Waals surface area (Å²) in [5, 5.41) is 4.24. The summed E-state index contributed by atoms with van der Waals surface area (Å²) in [6, 6.07) is 9.93. The van der Waals surface area contributed by atoms with Crippen LogP contribution in [0.3, 0.4) is 0 Å². The van der Waals surface area contributed by atoms with Crippen LogP contribution in [0.4, 0.5) is 5.69 Å². The molecule has 0 aliphatic heterocycles. The fourth-order valence-corrected chi connectivity index (χ4v) is 0.718. The van der Waals surface area contributed by atoms with E-state index in [1.54, 1.807) is 0 Å². The molecule has 1 aromatic rings. The second kappa shape index (κ2) is 3.81. The van der Waals surface area contributed by atoms with E-state index in [2.05, 4.69) is 5.32 Å². The van der Waals surface area contributed by atoms with Gasteiger partial charge in [0.05, 0.1) is 5.69 Å². The van der Waals surface area contributed by atoms with E-state index in [1.807, 2.05) is 50.4 Å². The van der Waals surface area contributed by atoms with Gasteiger partial charge >= 0.3 is 0 Å². The van der Waals surface area contributed by atoms with E-state index >= 15 is 0 Å². The molecule has 0 aliphatic carbocycles. The van der Waals surface area contributed by atoms with Crippen LogP contribution in [-0.2, 0) is 0 Å². The normalized spacial score (nSPS) is 8.91. The zero-order valence-corrected chi connectivity index (χ0v) is 6.91. The number of nitrogens with zero attached hydrogens (tertiary/aromatic N) is 1. The van der Waals surface area contributed by atoms with Gasteiger partial charge in [-0.25, -0.2) is 0 Å². The average Bonchev–Trinajstić information content (AvgIpc) is 2.03. The molecule has 11 heavy (non-hydrogen) atoms. The molecule has 1 radical (unpaired) electrons. The molecule has 1 heteroatoms. The second-order valence-electron chi connectivity index (χ2n) is 2.67. The molecule has 1 rings (SSSR count). The van der Waals surface area contributed by atoms with Gasteiger partial charge in [0.25, 0.3) is 0 Å². The molecular weight excluding hydrogens is 134 g/mol. The van der Waals surface area contributed by atoms with Gasteiger partial charge in [-0.1, -0.05) is 23.8 Å². The molecule has 0 heterocycles. The van der Waals surface area contributed by atoms with Crippen LogP contribution in [0.2, 0.25) is 0 Å². The van der Waals surface area contributed by atoms with Gasteiger partial charge in [0, 0.05) is 6.20 Å². The predicted octanol–water partition coefficient (Wildman–Crippen LogP) is 2.85. The van der Waals surface area contributed by atoms with E-state index in [0.717, 1.165) is 5.69 Å². The quantitative estimate of drug-likeness (QED) is 0.609. The Balaban J connectivity index is 2.59. The van der Waals surface area contributed by atoms with Crippen LogP contribution < -0.4 is 5.32 Å². The third-order valence-electron chi connectivity index (χ3n) is 1.23. The molecule has 0 saturated carbocycles. The second-order valence-corrected chi connectivity index (χ2v) is 2.67. The van der Waals surface area contributed by atoms with Gasteiger partial charge in [-0.3, -0.25) is 5.32 Å². The number of hydrogen-bond acceptors (Lipinski definition) is 0. The molecule has 0 atom stereocenters. The molecule has 1 aromatic carbocycles. The van der Waals surface area contributed by atoms with Crippen LogP contribution >= 0.6 is 0 Å². The average molecular weight is 146 g/mol. The van der Waals surface area contributed by atoms with Gasteiger partial charge in [-0.05, 0) is 26.0 Å². The number of hydrogen-bond donors (Lipinski definition) is 0. The number of allylic oxidation sites excluding steroid dienone is 1. The summed E-state index contributed by atoms with van der Waals surface area (Å²) in [5.74, 6) is 0. The highest BCUT2D eigenvalue weighted by Gasteiger charge is 1.85. The van der Waals surface area contributed by atoms with Crippen LogP contribution in [0.5, 0.6) is 0 Å². The fourth-order valence-electron chi connectivity index (χ4n) is 0.718. The number of rotatable bonds is 2. The Labute approximate surface area is 67.8 Å². The molecule has 1 nitrogen and oxygen atoms in total. The van der Waals surface area contributed by atoms with Crippen LogP contribution in [0.1, 0.15) is 13.8 Å². The third kappa shape index (κ3) is 2.89. The van der Waals surface area contributed by atoms with E-state index in [4.69, 9.17) is 0 Å². The minimum atomic E-state index is 1.01. The van der Waals surface area contributed by atoms with Crippen molar-refractivity contribution in [3.63, 3.8) is 0 Å². The van der Waals surface area contributed by atoms with Gasteiger partial charge in [0.1, 0.15) is 0 Å². The van der Waals surface area contributed by atoms with E-state index < -0.39 is 0 Å². The molecule has 0 unspecified atom stereocenters. The molecule has 0 aromatic heterocycles. The maximum absolute atomic E-state index is 4.24. The molecule has 0 fully saturated rings.